The molecule has 20 heavy (non-hydrogen) atoms. The number of ether oxygens (including phenoxy) is 1. The summed E-state index contributed by atoms with van der Waals surface area (Å²) in [6, 6.07) is 7.55. The minimum absolute atomic E-state index is 0.122. The maximum absolute atomic E-state index is 13.2. The lowest BCUT2D eigenvalue weighted by Gasteiger charge is -2.32. The fourth-order valence-electron chi connectivity index (χ4n) is 3.25. The Morgan fingerprint density at radius 1 is 1.15 bits per heavy atom. The van der Waals surface area contributed by atoms with Gasteiger partial charge in [-0.1, -0.05) is 18.2 Å². The van der Waals surface area contributed by atoms with Crippen LogP contribution in [0, 0.1) is 5.92 Å². The SMILES string of the molecule is O=C(C1CCC(F)(F)CC1)C1CCOc2ccccc21. The molecule has 1 fully saturated rings. The number of hydrogen-bond acceptors (Lipinski definition) is 2. The molecular weight excluding hydrogens is 262 g/mol. The summed E-state index contributed by atoms with van der Waals surface area (Å²) < 4.78 is 31.9. The molecule has 1 aliphatic heterocycles. The van der Waals surface area contributed by atoms with Crippen LogP contribution in [0.25, 0.3) is 0 Å². The van der Waals surface area contributed by atoms with E-state index in [0.717, 1.165) is 11.3 Å². The van der Waals surface area contributed by atoms with E-state index in [1.165, 1.54) is 0 Å². The predicted molar refractivity (Wildman–Crippen MR) is 71.2 cm³/mol. The van der Waals surface area contributed by atoms with Gasteiger partial charge in [-0.25, -0.2) is 8.78 Å². The van der Waals surface area contributed by atoms with E-state index < -0.39 is 5.92 Å². The molecular formula is C16H18F2O2. The Morgan fingerprint density at radius 3 is 2.60 bits per heavy atom. The predicted octanol–water partition coefficient (Wildman–Crippen LogP) is 3.95. The number of carbonyl (C=O) groups is 1. The summed E-state index contributed by atoms with van der Waals surface area (Å²) in [7, 11) is 0. The highest BCUT2D eigenvalue weighted by Gasteiger charge is 2.40. The zero-order valence-electron chi connectivity index (χ0n) is 11.3. The van der Waals surface area contributed by atoms with Crippen LogP contribution in [0.4, 0.5) is 8.78 Å². The quantitative estimate of drug-likeness (QED) is 0.820. The Bertz CT molecular complexity index is 503. The highest BCUT2D eigenvalue weighted by atomic mass is 19.3. The number of fused-ring (bicyclic) bond motifs is 1. The Hall–Kier alpha value is -1.45. The van der Waals surface area contributed by atoms with Crippen LogP contribution in [0.15, 0.2) is 24.3 Å². The molecule has 1 aromatic carbocycles. The van der Waals surface area contributed by atoms with Gasteiger partial charge in [-0.15, -0.1) is 0 Å². The first kappa shape index (κ1) is 13.5. The average molecular weight is 280 g/mol. The van der Waals surface area contributed by atoms with Gasteiger partial charge in [0, 0.05) is 30.2 Å². The summed E-state index contributed by atoms with van der Waals surface area (Å²) in [5, 5.41) is 0. The van der Waals surface area contributed by atoms with E-state index in [0.29, 0.717) is 25.9 Å². The van der Waals surface area contributed by atoms with Crippen molar-refractivity contribution in [3.8, 4) is 5.75 Å². The number of ketones is 1. The van der Waals surface area contributed by atoms with Gasteiger partial charge in [0.2, 0.25) is 5.92 Å². The van der Waals surface area contributed by atoms with E-state index in [2.05, 4.69) is 0 Å². The van der Waals surface area contributed by atoms with Crippen LogP contribution >= 0.6 is 0 Å². The number of benzene rings is 1. The summed E-state index contributed by atoms with van der Waals surface area (Å²) in [6.07, 6.45) is 0.960. The summed E-state index contributed by atoms with van der Waals surface area (Å²) in [4.78, 5) is 12.6. The molecule has 0 N–H and O–H groups in total. The van der Waals surface area contributed by atoms with Gasteiger partial charge in [0.25, 0.3) is 0 Å². The molecule has 2 nitrogen and oxygen atoms in total. The summed E-state index contributed by atoms with van der Waals surface area (Å²) in [6.45, 7) is 0.524. The number of halogens is 2. The summed E-state index contributed by atoms with van der Waals surface area (Å²) in [5.74, 6) is -2.10. The molecule has 0 spiro atoms. The maximum Gasteiger partial charge on any atom is 0.248 e. The molecule has 0 aromatic heterocycles. The molecule has 0 saturated heterocycles. The van der Waals surface area contributed by atoms with E-state index in [4.69, 9.17) is 4.74 Å². The first-order valence-electron chi connectivity index (χ1n) is 7.20. The van der Waals surface area contributed by atoms with Gasteiger partial charge in [-0.3, -0.25) is 4.79 Å². The zero-order chi connectivity index (χ0) is 14.2. The maximum atomic E-state index is 13.2. The third-order valence-corrected chi connectivity index (χ3v) is 4.42. The Morgan fingerprint density at radius 2 is 1.85 bits per heavy atom. The van der Waals surface area contributed by atoms with E-state index in [9.17, 15) is 13.6 Å². The second-order valence-corrected chi connectivity index (χ2v) is 5.76. The van der Waals surface area contributed by atoms with Crippen molar-refractivity contribution in [1.29, 1.82) is 0 Å². The van der Waals surface area contributed by atoms with Crippen molar-refractivity contribution in [3.05, 3.63) is 29.8 Å². The molecule has 0 amide bonds. The molecule has 1 saturated carbocycles. The van der Waals surface area contributed by atoms with Crippen LogP contribution in [0.5, 0.6) is 5.75 Å². The minimum atomic E-state index is -2.58. The normalized spacial score (nSPS) is 25.6. The number of alkyl halides is 2. The number of Topliss-reactive ketones (excluding diaryl/α,β-unsaturated/α-hetero) is 1. The number of carbonyl (C=O) groups excluding carboxylic acids is 1. The lowest BCUT2D eigenvalue weighted by Crippen LogP contribution is -2.33. The van der Waals surface area contributed by atoms with Gasteiger partial charge in [0.15, 0.2) is 0 Å². The second kappa shape index (κ2) is 5.15. The standard InChI is InChI=1S/C16H18F2O2/c17-16(18)8-5-11(6-9-16)15(19)13-7-10-20-14-4-2-1-3-12(13)14/h1-4,11,13H,5-10H2. The number of para-hydroxylation sites is 1. The van der Waals surface area contributed by atoms with Crippen LogP contribution < -0.4 is 4.74 Å². The van der Waals surface area contributed by atoms with Crippen LogP contribution in [-0.2, 0) is 4.79 Å². The monoisotopic (exact) mass is 280 g/mol. The highest BCUT2D eigenvalue weighted by molar-refractivity contribution is 5.88. The molecule has 1 unspecified atom stereocenters. The van der Waals surface area contributed by atoms with Crippen molar-refractivity contribution in [1.82, 2.24) is 0 Å². The third kappa shape index (κ3) is 2.56. The van der Waals surface area contributed by atoms with Crippen molar-refractivity contribution in [3.63, 3.8) is 0 Å². The molecule has 1 aliphatic carbocycles. The molecule has 0 bridgehead atoms. The molecule has 2 aliphatic rings. The smallest absolute Gasteiger partial charge is 0.248 e. The van der Waals surface area contributed by atoms with Gasteiger partial charge in [0.05, 0.1) is 6.61 Å². The van der Waals surface area contributed by atoms with Gasteiger partial charge >= 0.3 is 0 Å². The van der Waals surface area contributed by atoms with Crippen molar-refractivity contribution < 1.29 is 18.3 Å². The van der Waals surface area contributed by atoms with Gasteiger partial charge in [-0.2, -0.15) is 0 Å². The highest BCUT2D eigenvalue weighted by Crippen LogP contribution is 2.41. The Balaban J connectivity index is 1.76. The molecule has 0 radical (unpaired) electrons. The second-order valence-electron chi connectivity index (χ2n) is 5.76. The molecule has 1 heterocycles. The first-order chi connectivity index (χ1) is 9.57. The number of rotatable bonds is 2. The molecule has 108 valence electrons. The molecule has 1 aromatic rings. The van der Waals surface area contributed by atoms with E-state index in [-0.39, 0.29) is 30.5 Å². The fraction of sp³-hybridized carbons (Fsp3) is 0.562. The lowest BCUT2D eigenvalue weighted by molar-refractivity contribution is -0.129. The van der Waals surface area contributed by atoms with Gasteiger partial charge in [-0.05, 0) is 25.3 Å². The zero-order valence-corrected chi connectivity index (χ0v) is 11.3. The third-order valence-electron chi connectivity index (χ3n) is 4.42. The van der Waals surface area contributed by atoms with Crippen LogP contribution in [-0.4, -0.2) is 18.3 Å². The largest absolute Gasteiger partial charge is 0.493 e. The molecule has 3 rings (SSSR count). The molecule has 1 atom stereocenters. The van der Waals surface area contributed by atoms with E-state index in [1.54, 1.807) is 0 Å². The van der Waals surface area contributed by atoms with Crippen LogP contribution in [0.3, 0.4) is 0 Å². The topological polar surface area (TPSA) is 26.3 Å². The lowest BCUT2D eigenvalue weighted by atomic mass is 9.77. The Kier molecular flexibility index (Phi) is 3.48. The van der Waals surface area contributed by atoms with Crippen molar-refractivity contribution in [2.45, 2.75) is 43.9 Å². The van der Waals surface area contributed by atoms with Crippen molar-refractivity contribution in [2.24, 2.45) is 5.92 Å². The van der Waals surface area contributed by atoms with Gasteiger partial charge in [0.1, 0.15) is 11.5 Å². The van der Waals surface area contributed by atoms with Crippen LogP contribution in [0.1, 0.15) is 43.6 Å². The van der Waals surface area contributed by atoms with E-state index in [1.807, 2.05) is 24.3 Å². The first-order valence-corrected chi connectivity index (χ1v) is 7.20. The van der Waals surface area contributed by atoms with Gasteiger partial charge < -0.3 is 4.74 Å². The molecule has 4 heteroatoms. The summed E-state index contributed by atoms with van der Waals surface area (Å²) in [5.41, 5.74) is 0.918. The minimum Gasteiger partial charge on any atom is -0.493 e. The fourth-order valence-corrected chi connectivity index (χ4v) is 3.25. The van der Waals surface area contributed by atoms with Crippen molar-refractivity contribution in [2.75, 3.05) is 6.61 Å². The van der Waals surface area contributed by atoms with E-state index >= 15 is 0 Å². The van der Waals surface area contributed by atoms with Crippen LogP contribution in [0.2, 0.25) is 0 Å². The Labute approximate surface area is 117 Å². The summed E-state index contributed by atoms with van der Waals surface area (Å²) >= 11 is 0. The number of hydrogen-bond donors (Lipinski definition) is 0. The van der Waals surface area contributed by atoms with Crippen molar-refractivity contribution >= 4 is 5.78 Å². The average Bonchev–Trinajstić information content (AvgIpc) is 2.46.